The van der Waals surface area contributed by atoms with Gasteiger partial charge in [0.1, 0.15) is 6.04 Å². The highest BCUT2D eigenvalue weighted by atomic mass is 35.5. The molecule has 0 fully saturated rings. The lowest BCUT2D eigenvalue weighted by molar-refractivity contribution is -0.142. The number of carboxylic acids is 1. The summed E-state index contributed by atoms with van der Waals surface area (Å²) in [4.78, 5) is 12.7. The van der Waals surface area contributed by atoms with Crippen LogP contribution in [0, 0.1) is 0 Å². The number of carbonyl (C=O) groups is 1. The van der Waals surface area contributed by atoms with Gasteiger partial charge in [-0.15, -0.1) is 0 Å². The smallest absolute Gasteiger partial charge is 0.320 e. The second-order valence-electron chi connectivity index (χ2n) is 3.91. The lowest BCUT2D eigenvalue weighted by Gasteiger charge is -2.28. The SMILES string of the molecule is CC(C(=O)O)N(C)C(C)c1ccc(Cl)cc1. The van der Waals surface area contributed by atoms with Gasteiger partial charge in [0.15, 0.2) is 0 Å². The molecule has 16 heavy (non-hydrogen) atoms. The van der Waals surface area contributed by atoms with Crippen LogP contribution >= 0.6 is 11.6 Å². The molecule has 1 aromatic carbocycles. The molecule has 2 unspecified atom stereocenters. The van der Waals surface area contributed by atoms with Crippen molar-refractivity contribution in [2.45, 2.75) is 25.9 Å². The molecule has 0 aromatic heterocycles. The van der Waals surface area contributed by atoms with E-state index < -0.39 is 12.0 Å². The number of nitrogens with zero attached hydrogens (tertiary/aromatic N) is 1. The number of hydrogen-bond donors (Lipinski definition) is 1. The van der Waals surface area contributed by atoms with Gasteiger partial charge in [0.2, 0.25) is 0 Å². The van der Waals surface area contributed by atoms with Crippen molar-refractivity contribution < 1.29 is 9.90 Å². The van der Waals surface area contributed by atoms with Crippen LogP contribution in [0.5, 0.6) is 0 Å². The van der Waals surface area contributed by atoms with E-state index in [9.17, 15) is 4.79 Å². The second-order valence-corrected chi connectivity index (χ2v) is 4.34. The summed E-state index contributed by atoms with van der Waals surface area (Å²) in [6, 6.07) is 6.99. The molecule has 0 aliphatic carbocycles. The largest absolute Gasteiger partial charge is 0.480 e. The van der Waals surface area contributed by atoms with E-state index in [1.165, 1.54) is 0 Å². The summed E-state index contributed by atoms with van der Waals surface area (Å²) in [6.07, 6.45) is 0. The Bertz CT molecular complexity index is 364. The zero-order chi connectivity index (χ0) is 12.3. The number of likely N-dealkylation sites (N-methyl/N-ethyl adjacent to an activating group) is 1. The lowest BCUT2D eigenvalue weighted by atomic mass is 10.1. The van der Waals surface area contributed by atoms with Crippen molar-refractivity contribution in [1.82, 2.24) is 4.90 Å². The van der Waals surface area contributed by atoms with Gasteiger partial charge in [-0.25, -0.2) is 0 Å². The van der Waals surface area contributed by atoms with Gasteiger partial charge < -0.3 is 5.11 Å². The van der Waals surface area contributed by atoms with Gasteiger partial charge in [0.05, 0.1) is 0 Å². The zero-order valence-corrected chi connectivity index (χ0v) is 10.4. The third kappa shape index (κ3) is 2.97. The van der Waals surface area contributed by atoms with Crippen molar-refractivity contribution in [2.24, 2.45) is 0 Å². The van der Waals surface area contributed by atoms with Crippen LogP contribution in [0.2, 0.25) is 5.02 Å². The average Bonchev–Trinajstić information content (AvgIpc) is 2.27. The van der Waals surface area contributed by atoms with E-state index in [1.54, 1.807) is 14.0 Å². The number of hydrogen-bond acceptors (Lipinski definition) is 2. The summed E-state index contributed by atoms with van der Waals surface area (Å²) in [7, 11) is 1.80. The summed E-state index contributed by atoms with van der Waals surface area (Å²) in [5.41, 5.74) is 1.06. The minimum absolute atomic E-state index is 0.0448. The summed E-state index contributed by atoms with van der Waals surface area (Å²) in [5, 5.41) is 9.61. The van der Waals surface area contributed by atoms with Crippen molar-refractivity contribution >= 4 is 17.6 Å². The van der Waals surface area contributed by atoms with Crippen LogP contribution in [-0.2, 0) is 4.79 Å². The molecule has 0 saturated heterocycles. The quantitative estimate of drug-likeness (QED) is 0.881. The maximum absolute atomic E-state index is 10.9. The molecule has 1 N–H and O–H groups in total. The van der Waals surface area contributed by atoms with Crippen LogP contribution in [0.25, 0.3) is 0 Å². The number of carboxylic acid groups (broad SMARTS) is 1. The molecule has 0 saturated carbocycles. The number of aliphatic carboxylic acids is 1. The van der Waals surface area contributed by atoms with Crippen LogP contribution in [0.15, 0.2) is 24.3 Å². The zero-order valence-electron chi connectivity index (χ0n) is 9.64. The fourth-order valence-electron chi connectivity index (χ4n) is 1.49. The van der Waals surface area contributed by atoms with E-state index in [0.717, 1.165) is 5.56 Å². The number of rotatable bonds is 4. The predicted molar refractivity (Wildman–Crippen MR) is 64.7 cm³/mol. The fourth-order valence-corrected chi connectivity index (χ4v) is 1.61. The first-order valence-corrected chi connectivity index (χ1v) is 5.51. The molecule has 0 heterocycles. The standard InChI is InChI=1S/C12H16ClNO2/c1-8(14(3)9(2)12(15)16)10-4-6-11(13)7-5-10/h4-9H,1-3H3,(H,15,16). The molecular weight excluding hydrogens is 226 g/mol. The van der Waals surface area contributed by atoms with Crippen LogP contribution in [0.3, 0.4) is 0 Å². The Morgan fingerprint density at radius 1 is 1.31 bits per heavy atom. The lowest BCUT2D eigenvalue weighted by Crippen LogP contribution is -2.37. The van der Waals surface area contributed by atoms with Gasteiger partial charge in [0.25, 0.3) is 0 Å². The third-order valence-electron chi connectivity index (χ3n) is 2.93. The Hall–Kier alpha value is -1.06. The van der Waals surface area contributed by atoms with E-state index in [4.69, 9.17) is 16.7 Å². The fraction of sp³-hybridized carbons (Fsp3) is 0.417. The van der Waals surface area contributed by atoms with E-state index in [1.807, 2.05) is 36.1 Å². The minimum Gasteiger partial charge on any atom is -0.480 e. The Kier molecular flexibility index (Phi) is 4.33. The first-order valence-electron chi connectivity index (χ1n) is 5.13. The molecule has 4 heteroatoms. The molecule has 0 spiro atoms. The van der Waals surface area contributed by atoms with Gasteiger partial charge in [-0.05, 0) is 38.6 Å². The Labute approximate surface area is 101 Å². The molecule has 88 valence electrons. The molecule has 3 nitrogen and oxygen atoms in total. The Morgan fingerprint density at radius 3 is 2.25 bits per heavy atom. The van der Waals surface area contributed by atoms with Crippen LogP contribution < -0.4 is 0 Å². The topological polar surface area (TPSA) is 40.5 Å². The third-order valence-corrected chi connectivity index (χ3v) is 3.18. The van der Waals surface area contributed by atoms with E-state index in [-0.39, 0.29) is 6.04 Å². The van der Waals surface area contributed by atoms with Gasteiger partial charge in [-0.2, -0.15) is 0 Å². The first kappa shape index (κ1) is 13.0. The summed E-state index contributed by atoms with van der Waals surface area (Å²) < 4.78 is 0. The molecule has 0 aliphatic rings. The highest BCUT2D eigenvalue weighted by molar-refractivity contribution is 6.30. The Balaban J connectivity index is 2.81. The van der Waals surface area contributed by atoms with Gasteiger partial charge in [-0.3, -0.25) is 9.69 Å². The normalized spacial score (nSPS) is 14.8. The van der Waals surface area contributed by atoms with E-state index in [2.05, 4.69) is 0 Å². The Morgan fingerprint density at radius 2 is 1.81 bits per heavy atom. The summed E-state index contributed by atoms with van der Waals surface area (Å²) in [5.74, 6) is -0.816. The van der Waals surface area contributed by atoms with Crippen LogP contribution in [0.4, 0.5) is 0 Å². The highest BCUT2D eigenvalue weighted by Crippen LogP contribution is 2.22. The molecule has 0 aliphatic heterocycles. The molecule has 0 amide bonds. The monoisotopic (exact) mass is 241 g/mol. The van der Waals surface area contributed by atoms with Gasteiger partial charge >= 0.3 is 5.97 Å². The molecule has 1 aromatic rings. The minimum atomic E-state index is -0.816. The highest BCUT2D eigenvalue weighted by Gasteiger charge is 2.22. The van der Waals surface area contributed by atoms with Crippen LogP contribution in [0.1, 0.15) is 25.5 Å². The van der Waals surface area contributed by atoms with Crippen molar-refractivity contribution in [3.8, 4) is 0 Å². The number of halogens is 1. The summed E-state index contributed by atoms with van der Waals surface area (Å²) >= 11 is 5.80. The maximum Gasteiger partial charge on any atom is 0.320 e. The van der Waals surface area contributed by atoms with Crippen molar-refractivity contribution in [1.29, 1.82) is 0 Å². The van der Waals surface area contributed by atoms with Crippen molar-refractivity contribution in [2.75, 3.05) is 7.05 Å². The molecule has 0 radical (unpaired) electrons. The summed E-state index contributed by atoms with van der Waals surface area (Å²) in [6.45, 7) is 3.65. The van der Waals surface area contributed by atoms with Crippen LogP contribution in [-0.4, -0.2) is 29.1 Å². The van der Waals surface area contributed by atoms with Crippen molar-refractivity contribution in [3.05, 3.63) is 34.9 Å². The molecule has 1 rings (SSSR count). The predicted octanol–water partition coefficient (Wildman–Crippen LogP) is 2.81. The number of benzene rings is 1. The molecule has 2 atom stereocenters. The second kappa shape index (κ2) is 5.32. The average molecular weight is 242 g/mol. The van der Waals surface area contributed by atoms with Gasteiger partial charge in [-0.1, -0.05) is 23.7 Å². The first-order chi connectivity index (χ1) is 7.43. The maximum atomic E-state index is 10.9. The molecular formula is C12H16ClNO2. The van der Waals surface area contributed by atoms with Gasteiger partial charge in [0, 0.05) is 11.1 Å². The molecule has 0 bridgehead atoms. The van der Waals surface area contributed by atoms with E-state index in [0.29, 0.717) is 5.02 Å². The van der Waals surface area contributed by atoms with Crippen molar-refractivity contribution in [3.63, 3.8) is 0 Å². The van der Waals surface area contributed by atoms with E-state index >= 15 is 0 Å².